The van der Waals surface area contributed by atoms with Gasteiger partial charge in [0.2, 0.25) is 0 Å². The first-order valence-electron chi connectivity index (χ1n) is 6.14. The fourth-order valence-electron chi connectivity index (χ4n) is 1.77. The number of aromatic nitrogens is 2. The quantitative estimate of drug-likeness (QED) is 0.809. The Hall–Kier alpha value is -2.16. The second kappa shape index (κ2) is 6.69. The molecule has 0 aliphatic rings. The second-order valence-corrected chi connectivity index (χ2v) is 4.25. The van der Waals surface area contributed by atoms with Gasteiger partial charge in [-0.25, -0.2) is 0 Å². The molecule has 5 heteroatoms. The van der Waals surface area contributed by atoms with Gasteiger partial charge in [-0.05, 0) is 17.7 Å². The molecular formula is C14H16N4O. The van der Waals surface area contributed by atoms with Crippen molar-refractivity contribution in [1.29, 1.82) is 5.26 Å². The predicted octanol–water partition coefficient (Wildman–Crippen LogP) is 1.04. The van der Waals surface area contributed by atoms with Gasteiger partial charge in [0.15, 0.2) is 0 Å². The van der Waals surface area contributed by atoms with Crippen molar-refractivity contribution in [1.82, 2.24) is 15.1 Å². The Kier molecular flexibility index (Phi) is 4.67. The number of rotatable bonds is 6. The molecule has 2 aromatic rings. The Morgan fingerprint density at radius 1 is 1.21 bits per heavy atom. The molecule has 98 valence electrons. The zero-order chi connectivity index (χ0) is 13.5. The number of benzene rings is 1. The van der Waals surface area contributed by atoms with Gasteiger partial charge in [-0.3, -0.25) is 4.68 Å². The van der Waals surface area contributed by atoms with Gasteiger partial charge >= 0.3 is 0 Å². The van der Waals surface area contributed by atoms with Crippen LogP contribution in [0.5, 0.6) is 0 Å². The van der Waals surface area contributed by atoms with Crippen molar-refractivity contribution in [2.75, 3.05) is 6.61 Å². The van der Waals surface area contributed by atoms with Gasteiger partial charge in [-0.15, -0.1) is 0 Å². The van der Waals surface area contributed by atoms with Gasteiger partial charge in [-0.2, -0.15) is 10.4 Å². The number of hydrogen-bond acceptors (Lipinski definition) is 4. The third-order valence-corrected chi connectivity index (χ3v) is 2.76. The monoisotopic (exact) mass is 256 g/mol. The van der Waals surface area contributed by atoms with Crippen LogP contribution in [0.1, 0.15) is 16.7 Å². The topological polar surface area (TPSA) is 73.9 Å². The highest BCUT2D eigenvalue weighted by Gasteiger charge is 1.98. The molecule has 0 atom stereocenters. The Morgan fingerprint density at radius 2 is 1.95 bits per heavy atom. The van der Waals surface area contributed by atoms with Gasteiger partial charge < -0.3 is 10.4 Å². The first-order chi connectivity index (χ1) is 9.31. The highest BCUT2D eigenvalue weighted by molar-refractivity contribution is 5.31. The SMILES string of the molecule is N#Cc1ccc(CNCc2cnn(CCO)c2)cc1. The van der Waals surface area contributed by atoms with Gasteiger partial charge in [0.25, 0.3) is 0 Å². The summed E-state index contributed by atoms with van der Waals surface area (Å²) in [6.45, 7) is 2.09. The summed E-state index contributed by atoms with van der Waals surface area (Å²) in [4.78, 5) is 0. The Balaban J connectivity index is 1.80. The highest BCUT2D eigenvalue weighted by Crippen LogP contribution is 2.04. The standard InChI is InChI=1S/C14H16N4O/c15-7-12-1-3-13(4-2-12)8-16-9-14-10-17-18(11-14)5-6-19/h1-4,10-11,16,19H,5-6,8-9H2. The summed E-state index contributed by atoms with van der Waals surface area (Å²) in [5.74, 6) is 0. The number of nitrogens with zero attached hydrogens (tertiary/aromatic N) is 3. The molecule has 0 amide bonds. The number of aliphatic hydroxyl groups excluding tert-OH is 1. The van der Waals surface area contributed by atoms with Crippen molar-refractivity contribution in [3.63, 3.8) is 0 Å². The lowest BCUT2D eigenvalue weighted by atomic mass is 10.1. The predicted molar refractivity (Wildman–Crippen MR) is 71.0 cm³/mol. The van der Waals surface area contributed by atoms with Gasteiger partial charge in [0, 0.05) is 24.8 Å². The zero-order valence-corrected chi connectivity index (χ0v) is 10.6. The van der Waals surface area contributed by atoms with E-state index < -0.39 is 0 Å². The first kappa shape index (κ1) is 13.3. The van der Waals surface area contributed by atoms with Crippen molar-refractivity contribution in [2.24, 2.45) is 0 Å². The van der Waals surface area contributed by atoms with Crippen LogP contribution in [-0.2, 0) is 19.6 Å². The summed E-state index contributed by atoms with van der Waals surface area (Å²) in [6, 6.07) is 9.62. The number of nitriles is 1. The van der Waals surface area contributed by atoms with Crippen LogP contribution in [0.2, 0.25) is 0 Å². The smallest absolute Gasteiger partial charge is 0.0991 e. The molecule has 19 heavy (non-hydrogen) atoms. The third kappa shape index (κ3) is 3.91. The molecule has 0 aliphatic heterocycles. The molecule has 0 spiro atoms. The van der Waals surface area contributed by atoms with E-state index in [9.17, 15) is 0 Å². The lowest BCUT2D eigenvalue weighted by molar-refractivity contribution is 0.269. The number of nitrogens with one attached hydrogen (secondary N) is 1. The fourth-order valence-corrected chi connectivity index (χ4v) is 1.77. The van der Waals surface area contributed by atoms with Crippen LogP contribution in [0.25, 0.3) is 0 Å². The molecule has 2 N–H and O–H groups in total. The van der Waals surface area contributed by atoms with Crippen molar-refractivity contribution >= 4 is 0 Å². The fraction of sp³-hybridized carbons (Fsp3) is 0.286. The molecule has 1 heterocycles. The van der Waals surface area contributed by atoms with Crippen LogP contribution in [0.4, 0.5) is 0 Å². The average Bonchev–Trinajstić information content (AvgIpc) is 2.88. The van der Waals surface area contributed by atoms with Crippen LogP contribution >= 0.6 is 0 Å². The molecule has 1 aromatic carbocycles. The minimum absolute atomic E-state index is 0.0970. The summed E-state index contributed by atoms with van der Waals surface area (Å²) in [5.41, 5.74) is 2.90. The van der Waals surface area contributed by atoms with E-state index >= 15 is 0 Å². The van der Waals surface area contributed by atoms with Crippen LogP contribution in [0.15, 0.2) is 36.7 Å². The van der Waals surface area contributed by atoms with Crippen molar-refractivity contribution in [3.8, 4) is 6.07 Å². The minimum atomic E-state index is 0.0970. The normalized spacial score (nSPS) is 10.3. The van der Waals surface area contributed by atoms with Gasteiger partial charge in [-0.1, -0.05) is 12.1 Å². The maximum absolute atomic E-state index is 8.80. The third-order valence-electron chi connectivity index (χ3n) is 2.76. The van der Waals surface area contributed by atoms with E-state index in [1.807, 2.05) is 30.5 Å². The Morgan fingerprint density at radius 3 is 2.63 bits per heavy atom. The molecule has 0 aliphatic carbocycles. The Labute approximate surface area is 112 Å². The first-order valence-corrected chi connectivity index (χ1v) is 6.14. The summed E-state index contributed by atoms with van der Waals surface area (Å²) in [5, 5.41) is 25.0. The van der Waals surface area contributed by atoms with E-state index in [0.29, 0.717) is 12.1 Å². The molecule has 5 nitrogen and oxygen atoms in total. The van der Waals surface area contributed by atoms with E-state index in [4.69, 9.17) is 10.4 Å². The molecule has 0 saturated carbocycles. The lowest BCUT2D eigenvalue weighted by Crippen LogP contribution is -2.12. The second-order valence-electron chi connectivity index (χ2n) is 4.25. The molecule has 0 radical (unpaired) electrons. The highest BCUT2D eigenvalue weighted by atomic mass is 16.3. The van der Waals surface area contributed by atoms with E-state index in [-0.39, 0.29) is 6.61 Å². The molecule has 1 aromatic heterocycles. The summed E-state index contributed by atoms with van der Waals surface area (Å²) in [7, 11) is 0. The van der Waals surface area contributed by atoms with Crippen LogP contribution in [0, 0.1) is 11.3 Å². The van der Waals surface area contributed by atoms with Crippen molar-refractivity contribution < 1.29 is 5.11 Å². The maximum atomic E-state index is 8.80. The number of hydrogen-bond donors (Lipinski definition) is 2. The lowest BCUT2D eigenvalue weighted by Gasteiger charge is -2.03. The Bertz CT molecular complexity index is 554. The minimum Gasteiger partial charge on any atom is -0.394 e. The van der Waals surface area contributed by atoms with Gasteiger partial charge in [0.1, 0.15) is 0 Å². The number of aliphatic hydroxyl groups is 1. The largest absolute Gasteiger partial charge is 0.394 e. The van der Waals surface area contributed by atoms with E-state index in [0.717, 1.165) is 24.2 Å². The van der Waals surface area contributed by atoms with Crippen molar-refractivity contribution in [2.45, 2.75) is 19.6 Å². The molecule has 0 fully saturated rings. The molecular weight excluding hydrogens is 240 g/mol. The van der Waals surface area contributed by atoms with Crippen molar-refractivity contribution in [3.05, 3.63) is 53.3 Å². The summed E-state index contributed by atoms with van der Waals surface area (Å²) >= 11 is 0. The van der Waals surface area contributed by atoms with Gasteiger partial charge in [0.05, 0.1) is 31.0 Å². The van der Waals surface area contributed by atoms with Crippen LogP contribution in [-0.4, -0.2) is 21.5 Å². The zero-order valence-electron chi connectivity index (χ0n) is 10.6. The molecule has 0 unspecified atom stereocenters. The average molecular weight is 256 g/mol. The molecule has 0 bridgehead atoms. The summed E-state index contributed by atoms with van der Waals surface area (Å²) in [6.07, 6.45) is 3.71. The maximum Gasteiger partial charge on any atom is 0.0991 e. The van der Waals surface area contributed by atoms with E-state index in [1.54, 1.807) is 10.9 Å². The van der Waals surface area contributed by atoms with E-state index in [2.05, 4.69) is 16.5 Å². The summed E-state index contributed by atoms with van der Waals surface area (Å²) < 4.78 is 1.72. The van der Waals surface area contributed by atoms with E-state index in [1.165, 1.54) is 0 Å². The molecule has 2 rings (SSSR count). The van der Waals surface area contributed by atoms with Crippen LogP contribution in [0.3, 0.4) is 0 Å². The van der Waals surface area contributed by atoms with Crippen LogP contribution < -0.4 is 5.32 Å². The molecule has 0 saturated heterocycles.